The van der Waals surface area contributed by atoms with Crippen molar-refractivity contribution in [1.82, 2.24) is 23.5 Å². The van der Waals surface area contributed by atoms with E-state index in [1.807, 2.05) is 259 Å². The average molecular weight is 2220 g/mol. The molecular formula is C107H96Cl4F4N16O5S10. The maximum Gasteiger partial charge on any atom is 0.271 e. The van der Waals surface area contributed by atoms with Crippen LogP contribution in [0.2, 0.25) is 5.02 Å². The van der Waals surface area contributed by atoms with Gasteiger partial charge < -0.3 is 61.7 Å². The molecule has 750 valence electrons. The van der Waals surface area contributed by atoms with Gasteiger partial charge in [-0.25, -0.2) is 37.0 Å². The van der Waals surface area contributed by atoms with Crippen molar-refractivity contribution in [2.45, 2.75) is 112 Å². The summed E-state index contributed by atoms with van der Waals surface area (Å²) in [5, 5.41) is 6.21. The Morgan fingerprint density at radius 2 is 0.767 bits per heavy atom. The van der Waals surface area contributed by atoms with Crippen LogP contribution in [-0.4, -0.2) is 94.0 Å². The van der Waals surface area contributed by atoms with E-state index in [2.05, 4.69) is 77.6 Å². The lowest BCUT2D eigenvalue weighted by Gasteiger charge is -2.15. The Hall–Kier alpha value is -11.7. The normalized spacial score (nSPS) is 17.2. The Balaban J connectivity index is 0.000000144. The smallest absolute Gasteiger partial charge is 0.271 e. The minimum absolute atomic E-state index is 0. The van der Waals surface area contributed by atoms with Crippen molar-refractivity contribution in [3.05, 3.63) is 390 Å². The van der Waals surface area contributed by atoms with Crippen LogP contribution in [0.1, 0.15) is 71.1 Å². The summed E-state index contributed by atoms with van der Waals surface area (Å²) >= 11 is 20.9. The van der Waals surface area contributed by atoms with Crippen molar-refractivity contribution < 1.29 is 78.1 Å². The number of thioether (sulfide) groups is 7. The van der Waals surface area contributed by atoms with Crippen molar-refractivity contribution in [3.63, 3.8) is 0 Å². The number of benzene rings is 8. The summed E-state index contributed by atoms with van der Waals surface area (Å²) in [6, 6.07) is 70.2. The SMILES string of the molecule is CCN1C(=O)/C(=C2\Sc3cc(F)ccc3N2C)SC1=Nc1ccccc1.CCN1C(=O)/C(=C2\Sc3ccc(F)cc3N2C)SC1=Nc1ccccc1.CCn1c(=O)/c(=C2\Sc3ccc(F)cc3N2C)s/c1=C\c1cccc[n+]1CC.CCn1c(=O)/c(=C2\Sc3cccc(F)c3N2C)s/c1=C\c1cccc[n+]1CC.[C-]#[N+]c1ccc(/C=c2\s/c(=C3/Sc4cc(Cl)ccc4N3C)c(=O)n2CC)[n+](Cc2ccccc2)c1.[Cl-].[Cl-].[Cl-]. The highest BCUT2D eigenvalue weighted by molar-refractivity contribution is 8.20. The minimum atomic E-state index is -0.283. The number of rotatable bonds is 14. The second kappa shape index (κ2) is 49.0. The van der Waals surface area contributed by atoms with Crippen LogP contribution >= 0.6 is 128 Å². The number of aromatic nitrogens is 6. The maximum atomic E-state index is 14.3. The van der Waals surface area contributed by atoms with Gasteiger partial charge >= 0.3 is 0 Å². The van der Waals surface area contributed by atoms with Gasteiger partial charge in [0.1, 0.15) is 88.8 Å². The summed E-state index contributed by atoms with van der Waals surface area (Å²) in [5.41, 5.74) is 10.4. The molecule has 0 atom stereocenters. The molecule has 8 aromatic carbocycles. The van der Waals surface area contributed by atoms with Gasteiger partial charge in [0.05, 0.1) is 56.4 Å². The Kier molecular flexibility index (Phi) is 36.9. The highest BCUT2D eigenvalue weighted by atomic mass is 35.5. The summed E-state index contributed by atoms with van der Waals surface area (Å²) in [4.78, 5) is 97.3. The molecule has 0 unspecified atom stereocenters. The lowest BCUT2D eigenvalue weighted by Crippen LogP contribution is -3.00. The van der Waals surface area contributed by atoms with E-state index in [9.17, 15) is 41.5 Å². The molecule has 0 saturated carbocycles. The fraction of sp³-hybridized carbons (Fsp3) is 0.187. The zero-order valence-electron chi connectivity index (χ0n) is 80.9. The standard InChI is InChI=1S/C27H22ClN4OS2.2C21H21FN3OS2.2C19H16FN3OS2.3ClH/c1-4-32-24(15-21-12-11-20(29-2)17-31(21)16-18-8-6-5-7-9-18)35-25(26(32)33)27-30(3)22-13-10-19(28)14-23(22)34-27;1-4-24-12-7-6-9-14(24)13-17-25(5-2)20(26)19(28-17)21-23(3)18-15(22)10-8-11-16(18)27-21;1-4-24-11-7-6-8-15(24)13-18-25(5-2)20(26)19(28-18)21-23(3)16-12-14(22)9-10-17(16)27-21;1-3-23-17(24)16(26-19(23)21-13-7-5-4-6-8-13)18-22(2)14-11-12(20)9-10-15(14)25-18;1-3-23-17(24)16(26-19(23)21-13-7-5-4-6-8-13)18-22(2)14-10-9-12(20)11-15(14)25-18;;;/h5-15,17H,4,16H2,1,3H3;2*6-13H,4-5H2,1-3H3;2*4-11H,3H2,1-2H3;3*1H/q3*+1;;;;;/p-3/b27-25+;2*21-19+;2*18-16+,21-19?;;;. The van der Waals surface area contributed by atoms with Gasteiger partial charge in [-0.3, -0.25) is 47.5 Å². The number of thiazole rings is 3. The number of amidine groups is 2. The predicted octanol–water partition coefficient (Wildman–Crippen LogP) is 10.3. The van der Waals surface area contributed by atoms with Crippen LogP contribution in [0, 0.1) is 29.8 Å². The molecule has 13 heterocycles. The first-order chi connectivity index (χ1) is 69.2. The van der Waals surface area contributed by atoms with Gasteiger partial charge in [0, 0.05) is 146 Å². The Labute approximate surface area is 907 Å². The fourth-order valence-electron chi connectivity index (χ4n) is 16.4. The van der Waals surface area contributed by atoms with Crippen LogP contribution in [0.25, 0.3) is 38.2 Å². The monoisotopic (exact) mass is 2220 g/mol. The number of amides is 2. The molecule has 14 aromatic rings. The predicted molar refractivity (Wildman–Crippen MR) is 584 cm³/mol. The summed E-state index contributed by atoms with van der Waals surface area (Å²) in [5.74, 6) is -1.22. The number of carbonyl (C=O) groups is 2. The number of nitrogens with zero attached hydrogens (tertiary/aromatic N) is 16. The van der Waals surface area contributed by atoms with Crippen molar-refractivity contribution in [2.24, 2.45) is 9.98 Å². The van der Waals surface area contributed by atoms with E-state index in [0.29, 0.717) is 89.4 Å². The Bertz CT molecular complexity index is 8100. The van der Waals surface area contributed by atoms with E-state index >= 15 is 0 Å². The van der Waals surface area contributed by atoms with Crippen molar-refractivity contribution in [1.29, 1.82) is 0 Å². The van der Waals surface area contributed by atoms with Crippen molar-refractivity contribution in [3.8, 4) is 0 Å². The first-order valence-electron chi connectivity index (χ1n) is 45.8. The molecule has 0 N–H and O–H groups in total. The Morgan fingerprint density at radius 3 is 1.23 bits per heavy atom. The molecule has 6 aromatic heterocycles. The third kappa shape index (κ3) is 23.2. The van der Waals surface area contributed by atoms with E-state index in [4.69, 9.17) is 18.2 Å². The number of carbonyl (C=O) groups excluding carboxylic acids is 2. The topological polar surface area (TPSA) is 164 Å². The van der Waals surface area contributed by atoms with Crippen molar-refractivity contribution in [2.75, 3.05) is 72.8 Å². The quantitative estimate of drug-likeness (QED) is 0.0437. The number of anilines is 5. The summed E-state index contributed by atoms with van der Waals surface area (Å²) in [7, 11) is 9.44. The molecule has 7 aliphatic heterocycles. The van der Waals surface area contributed by atoms with E-state index < -0.39 is 0 Å². The van der Waals surface area contributed by atoms with Gasteiger partial charge in [0.25, 0.3) is 28.5 Å². The highest BCUT2D eigenvalue weighted by Gasteiger charge is 2.41. The largest absolute Gasteiger partial charge is 1.00 e. The van der Waals surface area contributed by atoms with Crippen molar-refractivity contribution >= 4 is 229 Å². The number of fused-ring (bicyclic) bond motifs is 5. The zero-order valence-corrected chi connectivity index (χ0v) is 92.1. The van der Waals surface area contributed by atoms with Crippen LogP contribution in [0.3, 0.4) is 0 Å². The van der Waals surface area contributed by atoms with Gasteiger partial charge in [0.15, 0.2) is 35.5 Å². The zero-order chi connectivity index (χ0) is 101. The molecular weight excluding hydrogens is 2130 g/mol. The van der Waals surface area contributed by atoms with E-state index in [0.717, 1.165) is 133 Å². The molecule has 0 radical (unpaired) electrons. The fourth-order valence-corrected chi connectivity index (χ4v) is 28.9. The van der Waals surface area contributed by atoms with Crippen LogP contribution < -0.4 is 120 Å². The van der Waals surface area contributed by atoms with Gasteiger partial charge in [-0.05, 0) is 205 Å². The summed E-state index contributed by atoms with van der Waals surface area (Å²) in [6.07, 6.45) is 12.1. The molecule has 2 saturated heterocycles. The molecule has 39 heteroatoms. The van der Waals surface area contributed by atoms with Gasteiger partial charge in [-0.2, -0.15) is 9.13 Å². The number of hydrogen-bond donors (Lipinski definition) is 0. The molecule has 2 amide bonds. The number of hydrogen-bond acceptors (Lipinski definition) is 22. The third-order valence-electron chi connectivity index (χ3n) is 23.8. The Morgan fingerprint density at radius 1 is 0.377 bits per heavy atom. The van der Waals surface area contributed by atoms with Crippen LogP contribution in [0.5, 0.6) is 0 Å². The molecule has 7 aliphatic rings. The average Bonchev–Trinajstić information content (AvgIpc) is 1.66. The van der Waals surface area contributed by atoms with E-state index in [-0.39, 0.29) is 89.0 Å². The van der Waals surface area contributed by atoms with Crippen LogP contribution in [0.4, 0.5) is 63.1 Å². The minimum Gasteiger partial charge on any atom is -1.00 e. The number of pyridine rings is 3. The number of aliphatic imine (C=N–C) groups is 2. The first kappa shape index (κ1) is 110. The highest BCUT2D eigenvalue weighted by Crippen LogP contribution is 2.54. The third-order valence-corrected chi connectivity index (χ3v) is 36.3. The number of likely N-dealkylation sites (N-methyl/N-ethyl adjacent to an activating group) is 2. The number of aryl methyl sites for hydroxylation is 2. The van der Waals surface area contributed by atoms with Crippen LogP contribution in [0.15, 0.2) is 318 Å². The molecule has 0 spiro atoms. The summed E-state index contributed by atoms with van der Waals surface area (Å²) in [6.45, 7) is 26.6. The van der Waals surface area contributed by atoms with Crippen LogP contribution in [-0.2, 0) is 48.9 Å². The maximum absolute atomic E-state index is 14.3. The molecule has 0 bridgehead atoms. The van der Waals surface area contributed by atoms with Gasteiger partial charge in [0.2, 0.25) is 22.8 Å². The van der Waals surface area contributed by atoms with Gasteiger partial charge in [-0.1, -0.05) is 143 Å². The number of halogens is 8. The first-order valence-corrected chi connectivity index (χ1v) is 54.4. The molecule has 2 fully saturated rings. The second-order valence-corrected chi connectivity index (χ2v) is 43.2. The summed E-state index contributed by atoms with van der Waals surface area (Å²) < 4.78 is 71.6. The molecule has 21 rings (SSSR count). The molecule has 146 heavy (non-hydrogen) atoms. The molecule has 21 nitrogen and oxygen atoms in total. The second-order valence-electron chi connectivity index (χ2n) is 32.5. The lowest BCUT2D eigenvalue weighted by molar-refractivity contribution is -0.695. The van der Waals surface area contributed by atoms with E-state index in [1.54, 1.807) is 59.9 Å². The number of para-hydroxylation sites is 3. The lowest BCUT2D eigenvalue weighted by atomic mass is 10.2. The van der Waals surface area contributed by atoms with E-state index in [1.165, 1.54) is 147 Å². The molecule has 0 aliphatic carbocycles. The van der Waals surface area contributed by atoms with Gasteiger partial charge in [-0.15, -0.1) is 34.0 Å².